The van der Waals surface area contributed by atoms with Crippen molar-refractivity contribution >= 4 is 10.0 Å². The summed E-state index contributed by atoms with van der Waals surface area (Å²) in [6.07, 6.45) is 1.33. The van der Waals surface area contributed by atoms with Gasteiger partial charge in [0.05, 0.1) is 25.1 Å². The molecule has 0 saturated carbocycles. The second-order valence-electron chi connectivity index (χ2n) is 8.41. The molecule has 2 aliphatic heterocycles. The summed E-state index contributed by atoms with van der Waals surface area (Å²) in [5, 5.41) is 0. The van der Waals surface area contributed by atoms with E-state index in [9.17, 15) is 12.8 Å². The zero-order valence-corrected chi connectivity index (χ0v) is 18.3. The lowest BCUT2D eigenvalue weighted by Gasteiger charge is -2.32. The van der Waals surface area contributed by atoms with Crippen molar-refractivity contribution < 1.29 is 22.3 Å². The van der Waals surface area contributed by atoms with Gasteiger partial charge in [-0.3, -0.25) is 4.90 Å². The summed E-state index contributed by atoms with van der Waals surface area (Å²) in [4.78, 5) is 2.16. The SMILES string of the molecule is O=S(=O)(Cc1ccccc1)NC[C@H]1CC[C@]2(COCCN(Cc3ccccc3F)C2)O1. The first kappa shape index (κ1) is 22.4. The molecule has 2 fully saturated rings. The molecule has 2 atom stereocenters. The number of hydrogen-bond acceptors (Lipinski definition) is 5. The van der Waals surface area contributed by atoms with Crippen LogP contribution < -0.4 is 4.72 Å². The number of ether oxygens (including phenoxy) is 2. The second-order valence-corrected chi connectivity index (χ2v) is 10.2. The standard InChI is InChI=1S/C23H29FN2O4S/c24-22-9-5-4-8-20(22)15-26-12-13-29-18-23(17-26)11-10-21(30-23)14-25-31(27,28)16-19-6-2-1-3-7-19/h1-9,21,25H,10-18H2/t21-,23+/m1/s1. The van der Waals surface area contributed by atoms with Gasteiger partial charge in [0.1, 0.15) is 11.4 Å². The molecule has 4 rings (SSSR count). The van der Waals surface area contributed by atoms with Crippen LogP contribution in [0.5, 0.6) is 0 Å². The summed E-state index contributed by atoms with van der Waals surface area (Å²) in [6, 6.07) is 15.9. The van der Waals surface area contributed by atoms with Crippen LogP contribution in [0.3, 0.4) is 0 Å². The zero-order chi connectivity index (χ0) is 21.7. The van der Waals surface area contributed by atoms with Gasteiger partial charge in [-0.05, 0) is 24.5 Å². The molecular weight excluding hydrogens is 419 g/mol. The van der Waals surface area contributed by atoms with E-state index in [1.807, 2.05) is 24.3 Å². The van der Waals surface area contributed by atoms with Crippen molar-refractivity contribution in [1.82, 2.24) is 9.62 Å². The quantitative estimate of drug-likeness (QED) is 0.706. The van der Waals surface area contributed by atoms with Crippen molar-refractivity contribution in [2.75, 3.05) is 32.8 Å². The second kappa shape index (κ2) is 9.75. The van der Waals surface area contributed by atoms with Crippen molar-refractivity contribution in [3.05, 3.63) is 71.5 Å². The highest BCUT2D eigenvalue weighted by molar-refractivity contribution is 7.88. The van der Waals surface area contributed by atoms with Crippen LogP contribution in [0, 0.1) is 5.82 Å². The third-order valence-corrected chi connectivity index (χ3v) is 7.17. The van der Waals surface area contributed by atoms with Gasteiger partial charge in [-0.1, -0.05) is 48.5 Å². The first-order valence-corrected chi connectivity index (χ1v) is 12.3. The van der Waals surface area contributed by atoms with Crippen molar-refractivity contribution in [3.8, 4) is 0 Å². The molecule has 31 heavy (non-hydrogen) atoms. The number of nitrogens with one attached hydrogen (secondary N) is 1. The van der Waals surface area contributed by atoms with E-state index in [2.05, 4.69) is 9.62 Å². The number of sulfonamides is 1. The largest absolute Gasteiger partial charge is 0.377 e. The lowest BCUT2D eigenvalue weighted by molar-refractivity contribution is -0.0844. The van der Waals surface area contributed by atoms with E-state index < -0.39 is 15.6 Å². The Morgan fingerprint density at radius 3 is 2.71 bits per heavy atom. The van der Waals surface area contributed by atoms with E-state index in [4.69, 9.17) is 9.47 Å². The molecule has 2 aliphatic rings. The molecule has 8 heteroatoms. The molecule has 0 aliphatic carbocycles. The van der Waals surface area contributed by atoms with E-state index >= 15 is 0 Å². The van der Waals surface area contributed by atoms with Gasteiger partial charge in [-0.2, -0.15) is 0 Å². The van der Waals surface area contributed by atoms with Crippen molar-refractivity contribution in [1.29, 1.82) is 0 Å². The molecule has 168 valence electrons. The first-order chi connectivity index (χ1) is 14.9. The zero-order valence-electron chi connectivity index (χ0n) is 17.5. The first-order valence-electron chi connectivity index (χ1n) is 10.7. The Kier molecular flexibility index (Phi) is 7.03. The predicted molar refractivity (Wildman–Crippen MR) is 116 cm³/mol. The van der Waals surface area contributed by atoms with E-state index in [-0.39, 0.29) is 24.2 Å². The molecule has 6 nitrogen and oxygen atoms in total. The topological polar surface area (TPSA) is 67.9 Å². The van der Waals surface area contributed by atoms with Gasteiger partial charge in [-0.25, -0.2) is 17.5 Å². The van der Waals surface area contributed by atoms with Crippen molar-refractivity contribution in [2.45, 2.75) is 36.8 Å². The van der Waals surface area contributed by atoms with Crippen LogP contribution in [0.25, 0.3) is 0 Å². The van der Waals surface area contributed by atoms with Crippen LogP contribution >= 0.6 is 0 Å². The normalized spacial score (nSPS) is 25.0. The smallest absolute Gasteiger partial charge is 0.215 e. The minimum atomic E-state index is -3.44. The van der Waals surface area contributed by atoms with Crippen LogP contribution in [-0.2, 0) is 31.8 Å². The van der Waals surface area contributed by atoms with E-state index in [0.717, 1.165) is 18.4 Å². The highest BCUT2D eigenvalue weighted by Gasteiger charge is 2.43. The van der Waals surface area contributed by atoms with E-state index in [1.165, 1.54) is 6.07 Å². The van der Waals surface area contributed by atoms with Gasteiger partial charge in [0.2, 0.25) is 10.0 Å². The van der Waals surface area contributed by atoms with Crippen LogP contribution in [0.2, 0.25) is 0 Å². The molecular formula is C23H29FN2O4S. The highest BCUT2D eigenvalue weighted by Crippen LogP contribution is 2.33. The summed E-state index contributed by atoms with van der Waals surface area (Å²) < 4.78 is 53.8. The Bertz CT molecular complexity index is 973. The maximum absolute atomic E-state index is 14.1. The van der Waals surface area contributed by atoms with Gasteiger partial charge in [0.25, 0.3) is 0 Å². The molecule has 2 aromatic carbocycles. The maximum Gasteiger partial charge on any atom is 0.215 e. The van der Waals surface area contributed by atoms with Crippen molar-refractivity contribution in [2.24, 2.45) is 0 Å². The van der Waals surface area contributed by atoms with Crippen LogP contribution in [0.4, 0.5) is 4.39 Å². The summed E-state index contributed by atoms with van der Waals surface area (Å²) in [5.74, 6) is -0.259. The van der Waals surface area contributed by atoms with Gasteiger partial charge < -0.3 is 9.47 Å². The molecule has 2 aromatic rings. The molecule has 2 saturated heterocycles. The summed E-state index contributed by atoms with van der Waals surface area (Å²) in [5.41, 5.74) is 0.916. The summed E-state index contributed by atoms with van der Waals surface area (Å²) in [7, 11) is -3.44. The third-order valence-electron chi connectivity index (χ3n) is 5.85. The molecule has 0 amide bonds. The molecule has 0 bridgehead atoms. The number of rotatable bonds is 7. The molecule has 0 unspecified atom stereocenters. The number of hydrogen-bond donors (Lipinski definition) is 1. The third kappa shape index (κ3) is 6.11. The van der Waals surface area contributed by atoms with Crippen LogP contribution in [-0.4, -0.2) is 57.9 Å². The van der Waals surface area contributed by atoms with Gasteiger partial charge in [-0.15, -0.1) is 0 Å². The fraction of sp³-hybridized carbons (Fsp3) is 0.478. The molecule has 0 radical (unpaired) electrons. The van der Waals surface area contributed by atoms with Gasteiger partial charge in [0, 0.05) is 31.7 Å². The Morgan fingerprint density at radius 2 is 1.90 bits per heavy atom. The maximum atomic E-state index is 14.1. The monoisotopic (exact) mass is 448 g/mol. The fourth-order valence-corrected chi connectivity index (χ4v) is 5.49. The Morgan fingerprint density at radius 1 is 1.13 bits per heavy atom. The van der Waals surface area contributed by atoms with E-state index in [1.54, 1.807) is 24.3 Å². The van der Waals surface area contributed by atoms with Crippen LogP contribution in [0.15, 0.2) is 54.6 Å². The molecule has 2 heterocycles. The van der Waals surface area contributed by atoms with Crippen LogP contribution in [0.1, 0.15) is 24.0 Å². The highest BCUT2D eigenvalue weighted by atomic mass is 32.2. The predicted octanol–water partition coefficient (Wildman–Crippen LogP) is 2.70. The molecule has 1 N–H and O–H groups in total. The Balaban J connectivity index is 1.33. The van der Waals surface area contributed by atoms with Crippen molar-refractivity contribution in [3.63, 3.8) is 0 Å². The number of benzene rings is 2. The fourth-order valence-electron chi connectivity index (χ4n) is 4.31. The lowest BCUT2D eigenvalue weighted by Crippen LogP contribution is -2.45. The minimum Gasteiger partial charge on any atom is -0.377 e. The lowest BCUT2D eigenvalue weighted by atomic mass is 10.00. The Labute approximate surface area is 183 Å². The summed E-state index contributed by atoms with van der Waals surface area (Å²) >= 11 is 0. The Hall–Kier alpha value is -1.84. The molecule has 0 aromatic heterocycles. The summed E-state index contributed by atoms with van der Waals surface area (Å²) in [6.45, 7) is 3.10. The minimum absolute atomic E-state index is 0.0504. The average molecular weight is 449 g/mol. The molecule has 1 spiro atoms. The van der Waals surface area contributed by atoms with Gasteiger partial charge >= 0.3 is 0 Å². The number of halogens is 1. The van der Waals surface area contributed by atoms with Gasteiger partial charge in [0.15, 0.2) is 0 Å². The average Bonchev–Trinajstić information content (AvgIpc) is 3.03. The van der Waals surface area contributed by atoms with E-state index in [0.29, 0.717) is 38.4 Å². The number of nitrogens with zero attached hydrogens (tertiary/aromatic N) is 1.